The van der Waals surface area contributed by atoms with E-state index in [2.05, 4.69) is 22.4 Å². The molecule has 1 aromatic carbocycles. The molecule has 0 bridgehead atoms. The van der Waals surface area contributed by atoms with Gasteiger partial charge in [-0.3, -0.25) is 4.79 Å². The third-order valence-electron chi connectivity index (χ3n) is 4.89. The summed E-state index contributed by atoms with van der Waals surface area (Å²) in [5.74, 6) is 1.49. The minimum absolute atomic E-state index is 0.0145. The second kappa shape index (κ2) is 5.81. The number of rotatable bonds is 4. The number of aromatic nitrogens is 2. The average Bonchev–Trinajstić information content (AvgIpc) is 3.08. The molecular weight excluding hydrogens is 290 g/mol. The summed E-state index contributed by atoms with van der Waals surface area (Å²) in [6.45, 7) is 0.662. The Labute approximate surface area is 135 Å². The summed E-state index contributed by atoms with van der Waals surface area (Å²) in [5, 5.41) is 3.19. The molecule has 5 heteroatoms. The Balaban J connectivity index is 1.40. The van der Waals surface area contributed by atoms with Crippen LogP contribution in [-0.2, 0) is 16.6 Å². The van der Waals surface area contributed by atoms with Crippen LogP contribution in [0.5, 0.6) is 0 Å². The van der Waals surface area contributed by atoms with E-state index < -0.39 is 0 Å². The molecule has 1 aromatic heterocycles. The second-order valence-electron chi connectivity index (χ2n) is 6.45. The van der Waals surface area contributed by atoms with Crippen LogP contribution in [0.2, 0.25) is 0 Å². The van der Waals surface area contributed by atoms with Crippen molar-refractivity contribution in [3.8, 4) is 0 Å². The summed E-state index contributed by atoms with van der Waals surface area (Å²) in [6.07, 6.45) is 5.31. The molecule has 0 radical (unpaired) electrons. The molecule has 1 aliphatic heterocycles. The number of benzene rings is 1. The Morgan fingerprint density at radius 3 is 2.91 bits per heavy atom. The van der Waals surface area contributed by atoms with E-state index >= 15 is 0 Å². The van der Waals surface area contributed by atoms with Crippen LogP contribution in [0.15, 0.2) is 42.7 Å². The topological polar surface area (TPSA) is 56.1 Å². The molecule has 2 heterocycles. The molecule has 2 unspecified atom stereocenters. The molecule has 1 aliphatic carbocycles. The maximum absolute atomic E-state index is 12.6. The predicted molar refractivity (Wildman–Crippen MR) is 85.7 cm³/mol. The molecule has 23 heavy (non-hydrogen) atoms. The smallest absolute Gasteiger partial charge is 0.224 e. The second-order valence-corrected chi connectivity index (χ2v) is 6.45. The van der Waals surface area contributed by atoms with Gasteiger partial charge in [0.2, 0.25) is 5.91 Å². The van der Waals surface area contributed by atoms with Gasteiger partial charge in [-0.2, -0.15) is 0 Å². The Bertz CT molecular complexity index is 697. The Morgan fingerprint density at radius 1 is 1.35 bits per heavy atom. The quantitative estimate of drug-likeness (QED) is 0.941. The van der Waals surface area contributed by atoms with Gasteiger partial charge in [-0.05, 0) is 24.3 Å². The fourth-order valence-corrected chi connectivity index (χ4v) is 3.49. The highest BCUT2D eigenvalue weighted by molar-refractivity contribution is 5.83. The lowest BCUT2D eigenvalue weighted by Crippen LogP contribution is -2.38. The van der Waals surface area contributed by atoms with E-state index in [9.17, 15) is 4.79 Å². The van der Waals surface area contributed by atoms with E-state index in [0.717, 1.165) is 18.7 Å². The number of hydrogen-bond acceptors (Lipinski definition) is 3. The summed E-state index contributed by atoms with van der Waals surface area (Å²) < 4.78 is 7.76. The van der Waals surface area contributed by atoms with Crippen LogP contribution in [0, 0.1) is 5.92 Å². The molecule has 1 N–H and O–H groups in total. The number of carbonyl (C=O) groups is 1. The van der Waals surface area contributed by atoms with Crippen LogP contribution in [0.4, 0.5) is 0 Å². The highest BCUT2D eigenvalue weighted by Gasteiger charge is 2.45. The molecule has 1 saturated carbocycles. The van der Waals surface area contributed by atoms with Crippen LogP contribution >= 0.6 is 0 Å². The van der Waals surface area contributed by atoms with E-state index in [-0.39, 0.29) is 24.0 Å². The largest absolute Gasteiger partial charge is 0.368 e. The van der Waals surface area contributed by atoms with E-state index in [0.29, 0.717) is 12.5 Å². The molecule has 4 atom stereocenters. The van der Waals surface area contributed by atoms with Gasteiger partial charge in [0.15, 0.2) is 0 Å². The third-order valence-corrected chi connectivity index (χ3v) is 4.89. The highest BCUT2D eigenvalue weighted by Crippen LogP contribution is 2.47. The summed E-state index contributed by atoms with van der Waals surface area (Å²) >= 11 is 0. The molecule has 5 nitrogen and oxygen atoms in total. The minimum Gasteiger partial charge on any atom is -0.368 e. The van der Waals surface area contributed by atoms with E-state index in [1.807, 2.05) is 36.0 Å². The number of hydrogen-bond donors (Lipinski definition) is 1. The summed E-state index contributed by atoms with van der Waals surface area (Å²) in [5.41, 5.74) is 1.26. The number of imidazole rings is 1. The van der Waals surface area contributed by atoms with E-state index in [1.165, 1.54) is 5.56 Å². The van der Waals surface area contributed by atoms with Crippen LogP contribution < -0.4 is 5.32 Å². The van der Waals surface area contributed by atoms with Crippen molar-refractivity contribution < 1.29 is 9.53 Å². The fourth-order valence-electron chi connectivity index (χ4n) is 3.49. The van der Waals surface area contributed by atoms with Gasteiger partial charge in [-0.25, -0.2) is 4.98 Å². The summed E-state index contributed by atoms with van der Waals surface area (Å²) in [4.78, 5) is 16.9. The lowest BCUT2D eigenvalue weighted by Gasteiger charge is -2.19. The number of nitrogens with zero attached hydrogens (tertiary/aromatic N) is 2. The van der Waals surface area contributed by atoms with Gasteiger partial charge in [0, 0.05) is 32.0 Å². The molecule has 2 aromatic rings. The SMILES string of the molecule is Cn1ccnc1[C@H]1OCC[C@@H]1NC(=O)C1CC1c1ccccc1. The first-order valence-corrected chi connectivity index (χ1v) is 8.18. The van der Waals surface area contributed by atoms with Gasteiger partial charge < -0.3 is 14.6 Å². The third kappa shape index (κ3) is 2.77. The first kappa shape index (κ1) is 14.5. The zero-order valence-electron chi connectivity index (χ0n) is 13.2. The first-order chi connectivity index (χ1) is 11.2. The lowest BCUT2D eigenvalue weighted by atomic mass is 10.1. The minimum atomic E-state index is -0.145. The van der Waals surface area contributed by atoms with E-state index in [4.69, 9.17) is 4.74 Å². The fraction of sp³-hybridized carbons (Fsp3) is 0.444. The van der Waals surface area contributed by atoms with E-state index in [1.54, 1.807) is 6.20 Å². The lowest BCUT2D eigenvalue weighted by molar-refractivity contribution is -0.123. The standard InChI is InChI=1S/C18H21N3O2/c1-21-9-8-19-17(21)16-15(7-10-23-16)20-18(22)14-11-13(14)12-5-3-2-4-6-12/h2-6,8-9,13-16H,7,10-11H2,1H3,(H,20,22)/t13?,14?,15-,16-/m0/s1. The maximum Gasteiger partial charge on any atom is 0.224 e. The predicted octanol–water partition coefficient (Wildman–Crippen LogP) is 2.17. The van der Waals surface area contributed by atoms with Gasteiger partial charge in [-0.1, -0.05) is 30.3 Å². The molecule has 0 spiro atoms. The number of amides is 1. The molecule has 2 fully saturated rings. The first-order valence-electron chi connectivity index (χ1n) is 8.18. The number of carbonyl (C=O) groups excluding carboxylic acids is 1. The maximum atomic E-state index is 12.6. The Hall–Kier alpha value is -2.14. The van der Waals surface area contributed by atoms with Crippen molar-refractivity contribution >= 4 is 5.91 Å². The zero-order valence-corrected chi connectivity index (χ0v) is 13.2. The van der Waals surface area contributed by atoms with Crippen molar-refractivity contribution in [2.75, 3.05) is 6.61 Å². The number of aryl methyl sites for hydroxylation is 1. The highest BCUT2D eigenvalue weighted by atomic mass is 16.5. The van der Waals surface area contributed by atoms with Crippen LogP contribution in [-0.4, -0.2) is 28.1 Å². The molecule has 4 rings (SSSR count). The molecule has 2 aliphatic rings. The average molecular weight is 311 g/mol. The molecule has 1 amide bonds. The molecular formula is C18H21N3O2. The van der Waals surface area contributed by atoms with Crippen LogP contribution in [0.1, 0.15) is 36.3 Å². The van der Waals surface area contributed by atoms with Gasteiger partial charge in [0.25, 0.3) is 0 Å². The van der Waals surface area contributed by atoms with Gasteiger partial charge >= 0.3 is 0 Å². The van der Waals surface area contributed by atoms with Crippen LogP contribution in [0.3, 0.4) is 0 Å². The monoisotopic (exact) mass is 311 g/mol. The Morgan fingerprint density at radius 2 is 2.17 bits per heavy atom. The number of ether oxygens (including phenoxy) is 1. The molecule has 1 saturated heterocycles. The van der Waals surface area contributed by atoms with Crippen LogP contribution in [0.25, 0.3) is 0 Å². The van der Waals surface area contributed by atoms with Crippen molar-refractivity contribution in [1.29, 1.82) is 0 Å². The molecule has 120 valence electrons. The van der Waals surface area contributed by atoms with Crippen molar-refractivity contribution in [1.82, 2.24) is 14.9 Å². The van der Waals surface area contributed by atoms with Crippen molar-refractivity contribution in [3.05, 3.63) is 54.1 Å². The van der Waals surface area contributed by atoms with Gasteiger partial charge in [-0.15, -0.1) is 0 Å². The Kier molecular flexibility index (Phi) is 3.65. The van der Waals surface area contributed by atoms with Crippen molar-refractivity contribution in [3.63, 3.8) is 0 Å². The normalized spacial score (nSPS) is 29.4. The van der Waals surface area contributed by atoms with Crippen molar-refractivity contribution in [2.45, 2.75) is 30.9 Å². The van der Waals surface area contributed by atoms with Gasteiger partial charge in [0.1, 0.15) is 11.9 Å². The number of nitrogens with one attached hydrogen (secondary N) is 1. The summed E-state index contributed by atoms with van der Waals surface area (Å²) in [6, 6.07) is 10.3. The zero-order chi connectivity index (χ0) is 15.8. The van der Waals surface area contributed by atoms with Crippen molar-refractivity contribution in [2.24, 2.45) is 13.0 Å². The van der Waals surface area contributed by atoms with Gasteiger partial charge in [0.05, 0.1) is 6.04 Å². The summed E-state index contributed by atoms with van der Waals surface area (Å²) in [7, 11) is 1.95.